The second-order valence-corrected chi connectivity index (χ2v) is 6.37. The molecule has 8 heteroatoms. The third-order valence-corrected chi connectivity index (χ3v) is 4.51. The Hall–Kier alpha value is -2.25. The van der Waals surface area contributed by atoms with E-state index >= 15 is 0 Å². The van der Waals surface area contributed by atoms with Crippen molar-refractivity contribution in [2.75, 3.05) is 24.6 Å². The summed E-state index contributed by atoms with van der Waals surface area (Å²) in [6.45, 7) is 0.0667. The van der Waals surface area contributed by atoms with Crippen molar-refractivity contribution in [2.45, 2.75) is 12.2 Å². The van der Waals surface area contributed by atoms with E-state index in [4.69, 9.17) is 16.7 Å². The van der Waals surface area contributed by atoms with Gasteiger partial charge in [0.25, 0.3) is 0 Å². The van der Waals surface area contributed by atoms with Crippen LogP contribution >= 0.6 is 11.6 Å². The quantitative estimate of drug-likeness (QED) is 0.852. The van der Waals surface area contributed by atoms with E-state index < -0.39 is 17.8 Å². The first-order valence-corrected chi connectivity index (χ1v) is 8.31. The van der Waals surface area contributed by atoms with Gasteiger partial charge in [-0.05, 0) is 42.0 Å². The molecule has 2 amide bonds. The Morgan fingerprint density at radius 1 is 1.15 bits per heavy atom. The van der Waals surface area contributed by atoms with E-state index in [-0.39, 0.29) is 25.7 Å². The van der Waals surface area contributed by atoms with Crippen molar-refractivity contribution in [3.05, 3.63) is 64.7 Å². The average molecular weight is 385 g/mol. The minimum Gasteiger partial charge on any atom is -0.395 e. The van der Waals surface area contributed by atoms with Gasteiger partial charge in [-0.1, -0.05) is 23.7 Å². The van der Waals surface area contributed by atoms with Crippen LogP contribution in [0, 0.1) is 0 Å². The fourth-order valence-electron chi connectivity index (χ4n) is 3.03. The number of benzene rings is 2. The second kappa shape index (κ2) is 7.17. The molecule has 0 saturated carbocycles. The molecule has 1 atom stereocenters. The Balaban J connectivity index is 2.02. The molecule has 1 saturated heterocycles. The zero-order valence-corrected chi connectivity index (χ0v) is 14.3. The maximum atomic E-state index is 13.1. The fourth-order valence-corrected chi connectivity index (χ4v) is 3.16. The lowest BCUT2D eigenvalue weighted by atomic mass is 10.0. The van der Waals surface area contributed by atoms with Crippen LogP contribution in [0.15, 0.2) is 48.5 Å². The van der Waals surface area contributed by atoms with Gasteiger partial charge in [0, 0.05) is 23.8 Å². The summed E-state index contributed by atoms with van der Waals surface area (Å²) in [6, 6.07) is 10.5. The number of nitrogens with zero attached hydrogens (tertiary/aromatic N) is 2. The molecule has 0 aromatic heterocycles. The standard InChI is InChI=1S/C18H16ClF3N2O2/c19-14-4-6-15(7-5-14)24-16(11-23(8-9-25)17(24)26)12-2-1-3-13(10-12)18(20,21)22/h1-7,10,16,25H,8-9,11H2. The highest BCUT2D eigenvalue weighted by Gasteiger charge is 2.40. The molecule has 26 heavy (non-hydrogen) atoms. The van der Waals surface area contributed by atoms with E-state index in [9.17, 15) is 18.0 Å². The highest BCUT2D eigenvalue weighted by Crippen LogP contribution is 2.37. The summed E-state index contributed by atoms with van der Waals surface area (Å²) in [6.07, 6.45) is -4.46. The molecule has 0 radical (unpaired) electrons. The number of β-amino-alcohol motifs (C(OH)–C–C–N with tert-alkyl or cyclic N) is 1. The van der Waals surface area contributed by atoms with Gasteiger partial charge in [-0.25, -0.2) is 4.79 Å². The molecule has 2 aromatic carbocycles. The van der Waals surface area contributed by atoms with E-state index in [0.29, 0.717) is 16.3 Å². The third kappa shape index (κ3) is 3.64. The van der Waals surface area contributed by atoms with E-state index in [1.165, 1.54) is 15.9 Å². The van der Waals surface area contributed by atoms with Crippen LogP contribution in [0.4, 0.5) is 23.7 Å². The number of hydrogen-bond donors (Lipinski definition) is 1. The number of aliphatic hydroxyl groups is 1. The second-order valence-electron chi connectivity index (χ2n) is 5.94. The normalized spacial score (nSPS) is 17.9. The molecule has 1 N–H and O–H groups in total. The maximum absolute atomic E-state index is 13.1. The molecule has 0 bridgehead atoms. The number of amides is 2. The van der Waals surface area contributed by atoms with Crippen molar-refractivity contribution >= 4 is 23.3 Å². The van der Waals surface area contributed by atoms with Crippen LogP contribution in [0.1, 0.15) is 17.2 Å². The maximum Gasteiger partial charge on any atom is 0.416 e. The number of carbonyl (C=O) groups excluding carboxylic acids is 1. The van der Waals surface area contributed by atoms with Crippen molar-refractivity contribution in [3.8, 4) is 0 Å². The van der Waals surface area contributed by atoms with Crippen molar-refractivity contribution in [3.63, 3.8) is 0 Å². The number of carbonyl (C=O) groups is 1. The number of aliphatic hydroxyl groups excluding tert-OH is 1. The Labute approximate surface area is 153 Å². The third-order valence-electron chi connectivity index (χ3n) is 4.26. The predicted molar refractivity (Wildman–Crippen MR) is 92.2 cm³/mol. The molecule has 2 aromatic rings. The van der Waals surface area contributed by atoms with Crippen LogP contribution in [-0.2, 0) is 6.18 Å². The summed E-state index contributed by atoms with van der Waals surface area (Å²) in [5.41, 5.74) is 0.143. The largest absolute Gasteiger partial charge is 0.416 e. The first kappa shape index (κ1) is 18.5. The van der Waals surface area contributed by atoms with E-state index in [1.54, 1.807) is 30.3 Å². The molecule has 1 unspecified atom stereocenters. The lowest BCUT2D eigenvalue weighted by Gasteiger charge is -2.24. The van der Waals surface area contributed by atoms with Gasteiger partial charge in [0.1, 0.15) is 0 Å². The molecular weight excluding hydrogens is 369 g/mol. The molecule has 4 nitrogen and oxygen atoms in total. The first-order chi connectivity index (χ1) is 12.3. The summed E-state index contributed by atoms with van der Waals surface area (Å²) in [7, 11) is 0. The van der Waals surface area contributed by atoms with Gasteiger partial charge in [-0.2, -0.15) is 13.2 Å². The zero-order valence-electron chi connectivity index (χ0n) is 13.6. The topological polar surface area (TPSA) is 43.8 Å². The van der Waals surface area contributed by atoms with Crippen LogP contribution in [0.5, 0.6) is 0 Å². The van der Waals surface area contributed by atoms with Crippen LogP contribution in [-0.4, -0.2) is 35.7 Å². The fraction of sp³-hybridized carbons (Fsp3) is 0.278. The molecule has 1 heterocycles. The van der Waals surface area contributed by atoms with Crippen LogP contribution in [0.3, 0.4) is 0 Å². The van der Waals surface area contributed by atoms with Gasteiger partial charge in [0.2, 0.25) is 0 Å². The average Bonchev–Trinajstić information content (AvgIpc) is 2.92. The molecule has 1 aliphatic heterocycles. The lowest BCUT2D eigenvalue weighted by molar-refractivity contribution is -0.137. The number of rotatable bonds is 4. The number of urea groups is 1. The van der Waals surface area contributed by atoms with Gasteiger partial charge >= 0.3 is 12.2 Å². The molecule has 1 aliphatic rings. The van der Waals surface area contributed by atoms with Gasteiger partial charge in [0.05, 0.1) is 18.2 Å². The highest BCUT2D eigenvalue weighted by molar-refractivity contribution is 6.30. The molecule has 0 spiro atoms. The van der Waals surface area contributed by atoms with Crippen LogP contribution in [0.2, 0.25) is 5.02 Å². The summed E-state index contributed by atoms with van der Waals surface area (Å²) in [5.74, 6) is 0. The van der Waals surface area contributed by atoms with Crippen molar-refractivity contribution in [1.82, 2.24) is 4.90 Å². The minimum atomic E-state index is -4.46. The number of anilines is 1. The van der Waals surface area contributed by atoms with Crippen molar-refractivity contribution in [2.24, 2.45) is 0 Å². The van der Waals surface area contributed by atoms with E-state index in [0.717, 1.165) is 12.1 Å². The summed E-state index contributed by atoms with van der Waals surface area (Å²) < 4.78 is 39.2. The molecule has 3 rings (SSSR count). The van der Waals surface area contributed by atoms with Gasteiger partial charge in [-0.3, -0.25) is 4.90 Å². The molecule has 1 fully saturated rings. The summed E-state index contributed by atoms with van der Waals surface area (Å²) in [5, 5.41) is 9.66. The SMILES string of the molecule is O=C1N(CCO)CC(c2cccc(C(F)(F)F)c2)N1c1ccc(Cl)cc1. The zero-order chi connectivity index (χ0) is 18.9. The van der Waals surface area contributed by atoms with Gasteiger partial charge in [0.15, 0.2) is 0 Å². The molecule has 0 aliphatic carbocycles. The smallest absolute Gasteiger partial charge is 0.395 e. The Morgan fingerprint density at radius 2 is 1.85 bits per heavy atom. The molecule has 138 valence electrons. The van der Waals surface area contributed by atoms with Crippen LogP contribution < -0.4 is 4.90 Å². The number of alkyl halides is 3. The lowest BCUT2D eigenvalue weighted by Crippen LogP contribution is -2.34. The highest BCUT2D eigenvalue weighted by atomic mass is 35.5. The Kier molecular flexibility index (Phi) is 5.11. The van der Waals surface area contributed by atoms with Gasteiger partial charge in [-0.15, -0.1) is 0 Å². The summed E-state index contributed by atoms with van der Waals surface area (Å²) in [4.78, 5) is 15.6. The van der Waals surface area contributed by atoms with E-state index in [2.05, 4.69) is 0 Å². The van der Waals surface area contributed by atoms with Crippen molar-refractivity contribution < 1.29 is 23.1 Å². The van der Waals surface area contributed by atoms with Crippen molar-refractivity contribution in [1.29, 1.82) is 0 Å². The number of halogens is 4. The van der Waals surface area contributed by atoms with E-state index in [1.807, 2.05) is 0 Å². The predicted octanol–water partition coefficient (Wildman–Crippen LogP) is 4.33. The van der Waals surface area contributed by atoms with Gasteiger partial charge < -0.3 is 10.0 Å². The number of hydrogen-bond acceptors (Lipinski definition) is 2. The minimum absolute atomic E-state index is 0.110. The summed E-state index contributed by atoms with van der Waals surface area (Å²) >= 11 is 5.89. The monoisotopic (exact) mass is 384 g/mol. The first-order valence-electron chi connectivity index (χ1n) is 7.93. The Bertz CT molecular complexity index is 796. The van der Waals surface area contributed by atoms with Crippen LogP contribution in [0.25, 0.3) is 0 Å². The Morgan fingerprint density at radius 3 is 2.46 bits per heavy atom. The molecular formula is C18H16ClF3N2O2.